The van der Waals surface area contributed by atoms with E-state index in [1.165, 1.54) is 0 Å². The van der Waals surface area contributed by atoms with Gasteiger partial charge in [0.15, 0.2) is 5.54 Å². The van der Waals surface area contributed by atoms with Gasteiger partial charge in [-0.05, 0) is 60.5 Å². The lowest BCUT2D eigenvalue weighted by Crippen LogP contribution is -2.55. The van der Waals surface area contributed by atoms with E-state index >= 15 is 0 Å². The number of carbonyl (C=O) groups is 1. The molecule has 4 rings (SSSR count). The molecule has 1 amide bonds. The number of hydrazine groups is 1. The van der Waals surface area contributed by atoms with Gasteiger partial charge in [-0.1, -0.05) is 63.4 Å². The highest BCUT2D eigenvalue weighted by Gasteiger charge is 2.50. The molecular weight excluding hydrogens is 593 g/mol. The van der Waals surface area contributed by atoms with Crippen LogP contribution in [0.25, 0.3) is 0 Å². The normalized spacial score (nSPS) is 18.6. The fourth-order valence-electron chi connectivity index (χ4n) is 4.07. The fourth-order valence-corrected chi connectivity index (χ4v) is 4.97. The molecule has 1 aliphatic heterocycles. The largest absolute Gasteiger partial charge is 0.494 e. The summed E-state index contributed by atoms with van der Waals surface area (Å²) < 4.78 is 12.7. The van der Waals surface area contributed by atoms with Gasteiger partial charge in [-0.25, -0.2) is 10.4 Å². The number of nitrogens with one attached hydrogen (secondary N) is 2. The minimum absolute atomic E-state index is 0.0733. The van der Waals surface area contributed by atoms with E-state index in [4.69, 9.17) is 42.8 Å². The molecule has 200 valence electrons. The van der Waals surface area contributed by atoms with Gasteiger partial charge >= 0.3 is 0 Å². The summed E-state index contributed by atoms with van der Waals surface area (Å²) in [6.45, 7) is 2.64. The number of hydrogen-bond acceptors (Lipinski definition) is 6. The maximum atomic E-state index is 13.7. The average molecular weight is 621 g/mol. The average Bonchev–Trinajstić information content (AvgIpc) is 3.24. The van der Waals surface area contributed by atoms with Gasteiger partial charge in [-0.2, -0.15) is 0 Å². The third-order valence-electron chi connectivity index (χ3n) is 6.24. The van der Waals surface area contributed by atoms with Crippen LogP contribution in [0, 0.1) is 0 Å². The van der Waals surface area contributed by atoms with Gasteiger partial charge in [0.2, 0.25) is 5.90 Å². The Balaban J connectivity index is 1.57. The second kappa shape index (κ2) is 13.0. The quantitative estimate of drug-likeness (QED) is 0.195. The summed E-state index contributed by atoms with van der Waals surface area (Å²) in [5.41, 5.74) is 7.00. The molecule has 0 radical (unpaired) electrons. The number of nitrogens with zero attached hydrogens (tertiary/aromatic N) is 1. The van der Waals surface area contributed by atoms with Crippen molar-refractivity contribution in [2.75, 3.05) is 13.2 Å². The van der Waals surface area contributed by atoms with Crippen molar-refractivity contribution in [1.29, 1.82) is 0 Å². The first-order valence-electron chi connectivity index (χ1n) is 12.1. The first-order chi connectivity index (χ1) is 18.3. The Morgan fingerprint density at radius 2 is 1.89 bits per heavy atom. The predicted molar refractivity (Wildman–Crippen MR) is 153 cm³/mol. The summed E-state index contributed by atoms with van der Waals surface area (Å²) in [6, 6.07) is 20.2. The molecule has 3 aromatic rings. The van der Waals surface area contributed by atoms with Crippen molar-refractivity contribution in [2.24, 2.45) is 4.99 Å². The number of aliphatic imine (C=N–C) groups is 1. The Morgan fingerprint density at radius 3 is 2.61 bits per heavy atom. The second-order valence-electron chi connectivity index (χ2n) is 8.86. The van der Waals surface area contributed by atoms with Gasteiger partial charge in [0, 0.05) is 46.1 Å². The van der Waals surface area contributed by atoms with Crippen LogP contribution in [0.4, 0.5) is 0 Å². The minimum Gasteiger partial charge on any atom is -0.494 e. The third-order valence-corrected chi connectivity index (χ3v) is 7.60. The van der Waals surface area contributed by atoms with Crippen molar-refractivity contribution in [3.63, 3.8) is 0 Å². The molecule has 0 aromatic heterocycles. The number of halogens is 3. The number of amides is 1. The number of benzene rings is 3. The molecule has 3 aromatic carbocycles. The number of ether oxygens (including phenoxy) is 2. The number of aliphatic hydroxyl groups excluding tert-OH is 1. The Hall–Kier alpha value is -2.62. The molecule has 0 fully saturated rings. The van der Waals surface area contributed by atoms with Crippen molar-refractivity contribution in [3.05, 3.63) is 97.9 Å². The molecule has 3 N–H and O–H groups in total. The summed E-state index contributed by atoms with van der Waals surface area (Å²) in [5.74, 6) is 0.725. The Kier molecular flexibility index (Phi) is 9.68. The van der Waals surface area contributed by atoms with E-state index in [-0.39, 0.29) is 12.5 Å². The Morgan fingerprint density at radius 1 is 1.13 bits per heavy atom. The molecule has 2 atom stereocenters. The van der Waals surface area contributed by atoms with Crippen molar-refractivity contribution in [2.45, 2.75) is 38.0 Å². The van der Waals surface area contributed by atoms with Crippen molar-refractivity contribution in [1.82, 2.24) is 10.9 Å². The molecular formula is C28H28BrCl2N3O4. The van der Waals surface area contributed by atoms with Crippen LogP contribution >= 0.6 is 39.1 Å². The van der Waals surface area contributed by atoms with Gasteiger partial charge in [-0.15, -0.1) is 0 Å². The molecule has 0 spiro atoms. The molecule has 7 nitrogen and oxygen atoms in total. The molecule has 1 aliphatic rings. The van der Waals surface area contributed by atoms with Gasteiger partial charge in [0.05, 0.1) is 6.61 Å². The van der Waals surface area contributed by atoms with Crippen LogP contribution in [-0.4, -0.2) is 41.8 Å². The minimum atomic E-state index is -1.23. The number of rotatable bonds is 11. The van der Waals surface area contributed by atoms with E-state index in [0.717, 1.165) is 21.2 Å². The first kappa shape index (κ1) is 28.4. The Labute approximate surface area is 240 Å². The molecule has 10 heteroatoms. The van der Waals surface area contributed by atoms with Gasteiger partial charge in [-0.3, -0.25) is 10.2 Å². The smallest absolute Gasteiger partial charge is 0.266 e. The molecule has 38 heavy (non-hydrogen) atoms. The van der Waals surface area contributed by atoms with Gasteiger partial charge < -0.3 is 14.6 Å². The van der Waals surface area contributed by atoms with E-state index in [1.54, 1.807) is 18.2 Å². The van der Waals surface area contributed by atoms with Crippen LogP contribution in [0.5, 0.6) is 5.75 Å². The lowest BCUT2D eigenvalue weighted by Gasteiger charge is -2.28. The van der Waals surface area contributed by atoms with Crippen LogP contribution in [0.3, 0.4) is 0 Å². The number of aliphatic hydroxyl groups is 1. The van der Waals surface area contributed by atoms with Crippen LogP contribution in [0.1, 0.15) is 30.0 Å². The molecule has 0 aliphatic carbocycles. The SMILES string of the molecule is C[C@@H]1OC(c2ccc(OCCCO)cc2)=N[C@]1(Cc1ccccc1Br)C(=O)NNCc1ccc(Cl)cc1Cl. The lowest BCUT2D eigenvalue weighted by molar-refractivity contribution is -0.129. The molecule has 0 bridgehead atoms. The zero-order valence-electron chi connectivity index (χ0n) is 20.7. The summed E-state index contributed by atoms with van der Waals surface area (Å²) in [6.07, 6.45) is 0.322. The highest BCUT2D eigenvalue weighted by Crippen LogP contribution is 2.34. The zero-order valence-corrected chi connectivity index (χ0v) is 23.8. The van der Waals surface area contributed by atoms with E-state index in [9.17, 15) is 4.79 Å². The number of hydrogen-bond donors (Lipinski definition) is 3. The highest BCUT2D eigenvalue weighted by atomic mass is 79.9. The summed E-state index contributed by atoms with van der Waals surface area (Å²) in [7, 11) is 0. The van der Waals surface area contributed by atoms with Crippen LogP contribution < -0.4 is 15.6 Å². The summed E-state index contributed by atoms with van der Waals surface area (Å²) in [5, 5.41) is 9.99. The highest BCUT2D eigenvalue weighted by molar-refractivity contribution is 9.10. The molecule has 0 saturated carbocycles. The van der Waals surface area contributed by atoms with Crippen LogP contribution in [0.2, 0.25) is 10.0 Å². The lowest BCUT2D eigenvalue weighted by atomic mass is 9.86. The third kappa shape index (κ3) is 6.68. The first-order valence-corrected chi connectivity index (χ1v) is 13.7. The topological polar surface area (TPSA) is 92.2 Å². The maximum absolute atomic E-state index is 13.7. The van der Waals surface area contributed by atoms with E-state index in [2.05, 4.69) is 26.8 Å². The monoisotopic (exact) mass is 619 g/mol. The van der Waals surface area contributed by atoms with Crippen molar-refractivity contribution >= 4 is 50.9 Å². The van der Waals surface area contributed by atoms with Gasteiger partial charge in [0.25, 0.3) is 5.91 Å². The zero-order chi connectivity index (χ0) is 27.1. The predicted octanol–water partition coefficient (Wildman–Crippen LogP) is 5.48. The summed E-state index contributed by atoms with van der Waals surface area (Å²) >= 11 is 15.9. The van der Waals surface area contributed by atoms with E-state index in [0.29, 0.717) is 47.7 Å². The molecule has 0 unspecified atom stereocenters. The standard InChI is InChI=1S/C28H28BrCl2N3O4/c1-18-28(16-20-5-2-3-6-24(20)29,27(36)34-32-17-21-7-10-22(30)15-25(21)31)33-26(38-18)19-8-11-23(12-9-19)37-14-4-13-35/h2-3,5-12,15,18,32,35H,4,13-14,16-17H2,1H3,(H,34,36)/t18-,28-/m0/s1. The molecule has 0 saturated heterocycles. The maximum Gasteiger partial charge on any atom is 0.266 e. The van der Waals surface area contributed by atoms with E-state index < -0.39 is 11.6 Å². The Bertz CT molecular complexity index is 1310. The van der Waals surface area contributed by atoms with Crippen LogP contribution in [-0.2, 0) is 22.5 Å². The van der Waals surface area contributed by atoms with Gasteiger partial charge in [0.1, 0.15) is 11.9 Å². The second-order valence-corrected chi connectivity index (χ2v) is 10.6. The summed E-state index contributed by atoms with van der Waals surface area (Å²) in [4.78, 5) is 18.6. The van der Waals surface area contributed by atoms with Crippen molar-refractivity contribution in [3.8, 4) is 5.75 Å². The van der Waals surface area contributed by atoms with E-state index in [1.807, 2.05) is 55.5 Å². The number of carbonyl (C=O) groups excluding carboxylic acids is 1. The van der Waals surface area contributed by atoms with Crippen molar-refractivity contribution < 1.29 is 19.4 Å². The fraction of sp³-hybridized carbons (Fsp3) is 0.286. The molecule has 1 heterocycles. The van der Waals surface area contributed by atoms with Crippen LogP contribution in [0.15, 0.2) is 76.2 Å².